The summed E-state index contributed by atoms with van der Waals surface area (Å²) in [5, 5.41) is 0.767. The third-order valence-corrected chi connectivity index (χ3v) is 5.53. The van der Waals surface area contributed by atoms with Gasteiger partial charge >= 0.3 is 6.09 Å². The van der Waals surface area contributed by atoms with Gasteiger partial charge in [0.2, 0.25) is 10.0 Å². The van der Waals surface area contributed by atoms with E-state index in [-0.39, 0.29) is 18.3 Å². The SMILES string of the molecule is CC(C)(C)OC(=O)N1CC[C@@H](NS(=O)(=O)Cc2cc(Cl)ccc2Cl)C1. The molecule has 25 heavy (non-hydrogen) atoms. The molecule has 1 aliphatic heterocycles. The maximum absolute atomic E-state index is 12.4. The van der Waals surface area contributed by atoms with Crippen LogP contribution in [0.2, 0.25) is 10.0 Å². The fourth-order valence-electron chi connectivity index (χ4n) is 2.50. The number of sulfonamides is 1. The molecule has 1 aromatic rings. The van der Waals surface area contributed by atoms with Gasteiger partial charge in [0.1, 0.15) is 5.60 Å². The molecule has 1 heterocycles. The van der Waals surface area contributed by atoms with Crippen LogP contribution in [-0.4, -0.2) is 44.1 Å². The van der Waals surface area contributed by atoms with Crippen LogP contribution < -0.4 is 4.72 Å². The molecule has 0 saturated carbocycles. The molecule has 9 heteroatoms. The van der Waals surface area contributed by atoms with Gasteiger partial charge in [-0.25, -0.2) is 17.9 Å². The van der Waals surface area contributed by atoms with Gasteiger partial charge in [-0.2, -0.15) is 0 Å². The Morgan fingerprint density at radius 1 is 1.36 bits per heavy atom. The molecule has 2 rings (SSSR count). The first kappa shape index (κ1) is 20.3. The van der Waals surface area contributed by atoms with E-state index < -0.39 is 21.7 Å². The van der Waals surface area contributed by atoms with Gasteiger partial charge in [-0.1, -0.05) is 23.2 Å². The first-order valence-corrected chi connectivity index (χ1v) is 10.3. The minimum absolute atomic E-state index is 0.269. The molecule has 1 saturated heterocycles. The van der Waals surface area contributed by atoms with Crippen molar-refractivity contribution in [2.24, 2.45) is 0 Å². The summed E-state index contributed by atoms with van der Waals surface area (Å²) in [5.74, 6) is -0.269. The van der Waals surface area contributed by atoms with E-state index in [0.29, 0.717) is 28.6 Å². The number of hydrogen-bond acceptors (Lipinski definition) is 4. The molecule has 0 bridgehead atoms. The molecule has 0 radical (unpaired) electrons. The van der Waals surface area contributed by atoms with Gasteiger partial charge in [-0.15, -0.1) is 0 Å². The van der Waals surface area contributed by atoms with Crippen LogP contribution >= 0.6 is 23.2 Å². The number of halogens is 2. The Kier molecular flexibility index (Phi) is 6.25. The molecule has 140 valence electrons. The van der Waals surface area contributed by atoms with Crippen molar-refractivity contribution < 1.29 is 17.9 Å². The van der Waals surface area contributed by atoms with E-state index >= 15 is 0 Å². The fourth-order valence-corrected chi connectivity index (χ4v) is 4.39. The van der Waals surface area contributed by atoms with Crippen LogP contribution in [0.4, 0.5) is 4.79 Å². The molecule has 1 aliphatic rings. The highest BCUT2D eigenvalue weighted by Gasteiger charge is 2.32. The Morgan fingerprint density at radius 2 is 2.04 bits per heavy atom. The van der Waals surface area contributed by atoms with Crippen molar-refractivity contribution in [2.45, 2.75) is 44.6 Å². The minimum Gasteiger partial charge on any atom is -0.444 e. The average molecular weight is 409 g/mol. The predicted molar refractivity (Wildman–Crippen MR) is 98.4 cm³/mol. The molecule has 0 aliphatic carbocycles. The third-order valence-electron chi connectivity index (χ3n) is 3.54. The fraction of sp³-hybridized carbons (Fsp3) is 0.562. The molecular formula is C16H22Cl2N2O4S. The average Bonchev–Trinajstić information content (AvgIpc) is 2.88. The summed E-state index contributed by atoms with van der Waals surface area (Å²) in [6, 6.07) is 4.35. The Bertz CT molecular complexity index is 747. The van der Waals surface area contributed by atoms with E-state index in [9.17, 15) is 13.2 Å². The van der Waals surface area contributed by atoms with E-state index in [1.54, 1.807) is 32.9 Å². The number of nitrogens with zero attached hydrogens (tertiary/aromatic N) is 1. The third kappa shape index (κ3) is 6.33. The first-order valence-electron chi connectivity index (χ1n) is 7.87. The van der Waals surface area contributed by atoms with Crippen molar-refractivity contribution in [1.82, 2.24) is 9.62 Å². The van der Waals surface area contributed by atoms with Gasteiger partial charge < -0.3 is 9.64 Å². The standard InChI is InChI=1S/C16H22Cl2N2O4S/c1-16(2,3)24-15(21)20-7-6-13(9-20)19-25(22,23)10-11-8-12(17)4-5-14(11)18/h4-5,8,13,19H,6-7,9-10H2,1-3H3/t13-/m1/s1. The second-order valence-corrected chi connectivity index (χ2v) is 9.62. The summed E-state index contributed by atoms with van der Waals surface area (Å²) in [6.45, 7) is 6.08. The highest BCUT2D eigenvalue weighted by atomic mass is 35.5. The zero-order valence-electron chi connectivity index (χ0n) is 14.4. The zero-order chi connectivity index (χ0) is 18.8. The van der Waals surface area contributed by atoms with Crippen molar-refractivity contribution in [3.63, 3.8) is 0 Å². The lowest BCUT2D eigenvalue weighted by molar-refractivity contribution is 0.0292. The summed E-state index contributed by atoms with van der Waals surface area (Å²) in [6.07, 6.45) is 0.0916. The molecule has 1 N–H and O–H groups in total. The smallest absolute Gasteiger partial charge is 0.410 e. The van der Waals surface area contributed by atoms with Crippen molar-refractivity contribution >= 4 is 39.3 Å². The highest BCUT2D eigenvalue weighted by molar-refractivity contribution is 7.88. The topological polar surface area (TPSA) is 75.7 Å². The van der Waals surface area contributed by atoms with Crippen LogP contribution in [0, 0.1) is 0 Å². The molecule has 1 atom stereocenters. The maximum atomic E-state index is 12.4. The van der Waals surface area contributed by atoms with E-state index in [4.69, 9.17) is 27.9 Å². The normalized spacial score (nSPS) is 18.4. The maximum Gasteiger partial charge on any atom is 0.410 e. The second-order valence-electron chi connectivity index (χ2n) is 7.02. The van der Waals surface area contributed by atoms with Crippen LogP contribution in [0.1, 0.15) is 32.8 Å². The second kappa shape index (κ2) is 7.70. The molecule has 1 amide bonds. The van der Waals surface area contributed by atoms with E-state index in [1.165, 1.54) is 11.0 Å². The lowest BCUT2D eigenvalue weighted by atomic mass is 10.2. The number of rotatable bonds is 4. The Labute approximate surface area is 158 Å². The van der Waals surface area contributed by atoms with Crippen molar-refractivity contribution in [3.05, 3.63) is 33.8 Å². The summed E-state index contributed by atoms with van der Waals surface area (Å²) >= 11 is 11.9. The molecule has 1 fully saturated rings. The Balaban J connectivity index is 1.95. The van der Waals surface area contributed by atoms with Gasteiger partial charge in [0.25, 0.3) is 0 Å². The predicted octanol–water partition coefficient (Wildman–Crippen LogP) is 3.42. The van der Waals surface area contributed by atoms with E-state index in [1.807, 2.05) is 0 Å². The molecular weight excluding hydrogens is 387 g/mol. The number of carbonyl (C=O) groups is 1. The Hall–Kier alpha value is -1.02. The zero-order valence-corrected chi connectivity index (χ0v) is 16.7. The lowest BCUT2D eigenvalue weighted by Crippen LogP contribution is -2.40. The summed E-state index contributed by atoms with van der Waals surface area (Å²) in [4.78, 5) is 13.5. The van der Waals surface area contributed by atoms with Crippen LogP contribution in [0.15, 0.2) is 18.2 Å². The lowest BCUT2D eigenvalue weighted by Gasteiger charge is -2.24. The minimum atomic E-state index is -3.61. The molecule has 6 nitrogen and oxygen atoms in total. The number of benzene rings is 1. The number of amides is 1. The van der Waals surface area contributed by atoms with Gasteiger partial charge in [0, 0.05) is 29.2 Å². The van der Waals surface area contributed by atoms with Crippen molar-refractivity contribution in [3.8, 4) is 0 Å². The summed E-state index contributed by atoms with van der Waals surface area (Å²) in [5.41, 5.74) is -0.151. The molecule has 1 aromatic carbocycles. The van der Waals surface area contributed by atoms with E-state index in [2.05, 4.69) is 4.72 Å². The quantitative estimate of drug-likeness (QED) is 0.827. The number of ether oxygens (including phenoxy) is 1. The van der Waals surface area contributed by atoms with Crippen LogP contribution in [0.3, 0.4) is 0 Å². The first-order chi connectivity index (χ1) is 11.5. The number of carbonyl (C=O) groups excluding carboxylic acids is 1. The molecule has 0 unspecified atom stereocenters. The number of likely N-dealkylation sites (tertiary alicyclic amines) is 1. The van der Waals surface area contributed by atoms with Crippen LogP contribution in [-0.2, 0) is 20.5 Å². The Morgan fingerprint density at radius 3 is 2.68 bits per heavy atom. The van der Waals surface area contributed by atoms with Crippen LogP contribution in [0.5, 0.6) is 0 Å². The molecule has 0 spiro atoms. The number of nitrogens with one attached hydrogen (secondary N) is 1. The van der Waals surface area contributed by atoms with Gasteiger partial charge in [-0.3, -0.25) is 0 Å². The monoisotopic (exact) mass is 408 g/mol. The largest absolute Gasteiger partial charge is 0.444 e. The summed E-state index contributed by atoms with van der Waals surface area (Å²) in [7, 11) is -3.61. The summed E-state index contributed by atoms with van der Waals surface area (Å²) < 4.78 is 32.7. The van der Waals surface area contributed by atoms with Crippen molar-refractivity contribution in [2.75, 3.05) is 13.1 Å². The number of hydrogen-bond donors (Lipinski definition) is 1. The van der Waals surface area contributed by atoms with Crippen LogP contribution in [0.25, 0.3) is 0 Å². The van der Waals surface area contributed by atoms with Gasteiger partial charge in [-0.05, 0) is 51.0 Å². The van der Waals surface area contributed by atoms with Gasteiger partial charge in [0.05, 0.1) is 5.75 Å². The van der Waals surface area contributed by atoms with Gasteiger partial charge in [0.15, 0.2) is 0 Å². The molecule has 0 aromatic heterocycles. The van der Waals surface area contributed by atoms with Crippen molar-refractivity contribution in [1.29, 1.82) is 0 Å². The highest BCUT2D eigenvalue weighted by Crippen LogP contribution is 2.23. The van der Waals surface area contributed by atoms with E-state index in [0.717, 1.165) is 0 Å².